The van der Waals surface area contributed by atoms with E-state index in [1.807, 2.05) is 12.1 Å². The molecule has 1 aromatic rings. The predicted octanol–water partition coefficient (Wildman–Crippen LogP) is 1.34. The van der Waals surface area contributed by atoms with Crippen LogP contribution in [0.3, 0.4) is 0 Å². The van der Waals surface area contributed by atoms with Gasteiger partial charge in [0, 0.05) is 19.0 Å². The molecule has 1 aliphatic rings. The molecule has 0 radical (unpaired) electrons. The van der Waals surface area contributed by atoms with Gasteiger partial charge in [-0.2, -0.15) is 0 Å². The molecule has 1 aromatic carbocycles. The Bertz CT molecular complexity index is 362. The van der Waals surface area contributed by atoms with Crippen molar-refractivity contribution in [3.8, 4) is 11.5 Å². The number of hydrogen-bond acceptors (Lipinski definition) is 3. The first-order valence-corrected chi connectivity index (χ1v) is 4.45. The molecule has 1 amide bonds. The van der Waals surface area contributed by atoms with E-state index < -0.39 is 6.09 Å². The summed E-state index contributed by atoms with van der Waals surface area (Å²) in [6.45, 7) is 0.656. The van der Waals surface area contributed by atoms with Gasteiger partial charge in [0.25, 0.3) is 0 Å². The van der Waals surface area contributed by atoms with Crippen molar-refractivity contribution in [2.24, 2.45) is 0 Å². The Morgan fingerprint density at radius 1 is 1.57 bits per heavy atom. The molecule has 0 unspecified atom stereocenters. The molecule has 1 heterocycles. The van der Waals surface area contributed by atoms with Gasteiger partial charge in [-0.3, -0.25) is 0 Å². The van der Waals surface area contributed by atoms with Gasteiger partial charge in [-0.1, -0.05) is 12.1 Å². The van der Waals surface area contributed by atoms with Crippen molar-refractivity contribution in [1.29, 1.82) is 0 Å². The number of fused-ring (bicyclic) bond motifs is 1. The monoisotopic (exact) mass is 193 g/mol. The van der Waals surface area contributed by atoms with Gasteiger partial charge in [0.05, 0.1) is 6.61 Å². The number of benzene rings is 1. The van der Waals surface area contributed by atoms with Crippen LogP contribution >= 0.6 is 0 Å². The Labute approximate surface area is 81.8 Å². The maximum absolute atomic E-state index is 11.0. The third-order valence-electron chi connectivity index (χ3n) is 2.09. The SMILES string of the molecule is CNC(=O)Oc1cccc2c1OCC2. The van der Waals surface area contributed by atoms with Crippen LogP contribution in [0.25, 0.3) is 0 Å². The molecule has 0 atom stereocenters. The lowest BCUT2D eigenvalue weighted by Crippen LogP contribution is -2.22. The van der Waals surface area contributed by atoms with E-state index >= 15 is 0 Å². The van der Waals surface area contributed by atoms with E-state index in [0.29, 0.717) is 18.1 Å². The third kappa shape index (κ3) is 1.51. The first-order valence-electron chi connectivity index (χ1n) is 4.45. The molecule has 0 aromatic heterocycles. The van der Waals surface area contributed by atoms with E-state index in [0.717, 1.165) is 12.0 Å². The van der Waals surface area contributed by atoms with Gasteiger partial charge in [0.2, 0.25) is 0 Å². The standard InChI is InChI=1S/C10H11NO3/c1-11-10(12)14-8-4-2-3-7-5-6-13-9(7)8/h2-4H,5-6H2,1H3,(H,11,12). The summed E-state index contributed by atoms with van der Waals surface area (Å²) in [7, 11) is 1.52. The van der Waals surface area contributed by atoms with Crippen LogP contribution in [0.1, 0.15) is 5.56 Å². The summed E-state index contributed by atoms with van der Waals surface area (Å²) in [6, 6.07) is 5.55. The zero-order valence-electron chi connectivity index (χ0n) is 7.87. The summed E-state index contributed by atoms with van der Waals surface area (Å²) in [5, 5.41) is 2.39. The lowest BCUT2D eigenvalue weighted by atomic mass is 10.1. The van der Waals surface area contributed by atoms with Crippen molar-refractivity contribution in [3.63, 3.8) is 0 Å². The predicted molar refractivity (Wildman–Crippen MR) is 50.7 cm³/mol. The van der Waals surface area contributed by atoms with Crippen LogP contribution in [0.5, 0.6) is 11.5 Å². The highest BCUT2D eigenvalue weighted by Crippen LogP contribution is 2.35. The molecule has 0 saturated heterocycles. The van der Waals surface area contributed by atoms with Gasteiger partial charge in [-0.05, 0) is 6.07 Å². The second kappa shape index (κ2) is 3.57. The zero-order chi connectivity index (χ0) is 9.97. The molecule has 0 saturated carbocycles. The van der Waals surface area contributed by atoms with E-state index in [1.165, 1.54) is 7.05 Å². The Kier molecular flexibility index (Phi) is 2.26. The quantitative estimate of drug-likeness (QED) is 0.732. The topological polar surface area (TPSA) is 47.6 Å². The molecule has 0 fully saturated rings. The van der Waals surface area contributed by atoms with Gasteiger partial charge in [-0.25, -0.2) is 4.79 Å². The minimum absolute atomic E-state index is 0.478. The van der Waals surface area contributed by atoms with E-state index in [2.05, 4.69) is 5.32 Å². The van der Waals surface area contributed by atoms with Crippen molar-refractivity contribution < 1.29 is 14.3 Å². The zero-order valence-corrected chi connectivity index (χ0v) is 7.87. The highest BCUT2D eigenvalue weighted by molar-refractivity contribution is 5.71. The fourth-order valence-corrected chi connectivity index (χ4v) is 1.42. The molecule has 4 heteroatoms. The molecule has 1 aliphatic heterocycles. The average Bonchev–Trinajstić information content (AvgIpc) is 2.66. The molecule has 0 spiro atoms. The van der Waals surface area contributed by atoms with Crippen LogP contribution in [-0.4, -0.2) is 19.7 Å². The number of amides is 1. The highest BCUT2D eigenvalue weighted by atomic mass is 16.6. The van der Waals surface area contributed by atoms with Crippen LogP contribution in [0.2, 0.25) is 0 Å². The first-order chi connectivity index (χ1) is 6.81. The molecule has 74 valence electrons. The molecule has 2 rings (SSSR count). The maximum atomic E-state index is 11.0. The molecular weight excluding hydrogens is 182 g/mol. The van der Waals surface area contributed by atoms with Crippen molar-refractivity contribution in [2.45, 2.75) is 6.42 Å². The van der Waals surface area contributed by atoms with E-state index in [1.54, 1.807) is 6.07 Å². The average molecular weight is 193 g/mol. The number of hydrogen-bond donors (Lipinski definition) is 1. The molecule has 1 N–H and O–H groups in total. The summed E-state index contributed by atoms with van der Waals surface area (Å²) < 4.78 is 10.4. The number of rotatable bonds is 1. The third-order valence-corrected chi connectivity index (χ3v) is 2.09. The van der Waals surface area contributed by atoms with Gasteiger partial charge in [0.1, 0.15) is 0 Å². The van der Waals surface area contributed by atoms with Crippen LogP contribution in [-0.2, 0) is 6.42 Å². The largest absolute Gasteiger partial charge is 0.489 e. The Morgan fingerprint density at radius 2 is 2.43 bits per heavy atom. The molecule has 0 bridgehead atoms. The van der Waals surface area contributed by atoms with Crippen LogP contribution < -0.4 is 14.8 Å². The summed E-state index contributed by atoms with van der Waals surface area (Å²) in [5.41, 5.74) is 1.09. The normalized spacial score (nSPS) is 12.9. The van der Waals surface area contributed by atoms with Crippen LogP contribution in [0.15, 0.2) is 18.2 Å². The molecule has 4 nitrogen and oxygen atoms in total. The Morgan fingerprint density at radius 3 is 3.21 bits per heavy atom. The summed E-state index contributed by atoms with van der Waals surface area (Å²) >= 11 is 0. The lowest BCUT2D eigenvalue weighted by Gasteiger charge is -2.07. The summed E-state index contributed by atoms with van der Waals surface area (Å²) in [6.07, 6.45) is 0.397. The van der Waals surface area contributed by atoms with E-state index in [4.69, 9.17) is 9.47 Å². The van der Waals surface area contributed by atoms with Gasteiger partial charge < -0.3 is 14.8 Å². The molecule has 14 heavy (non-hydrogen) atoms. The second-order valence-electron chi connectivity index (χ2n) is 2.98. The van der Waals surface area contributed by atoms with Gasteiger partial charge >= 0.3 is 6.09 Å². The van der Waals surface area contributed by atoms with Gasteiger partial charge in [0.15, 0.2) is 11.5 Å². The lowest BCUT2D eigenvalue weighted by molar-refractivity contribution is 0.200. The van der Waals surface area contributed by atoms with Crippen molar-refractivity contribution in [1.82, 2.24) is 5.32 Å². The number of nitrogens with one attached hydrogen (secondary N) is 1. The van der Waals surface area contributed by atoms with Crippen molar-refractivity contribution in [3.05, 3.63) is 23.8 Å². The minimum atomic E-state index is -0.478. The smallest absolute Gasteiger partial charge is 0.412 e. The number of ether oxygens (including phenoxy) is 2. The first kappa shape index (κ1) is 8.87. The van der Waals surface area contributed by atoms with Crippen LogP contribution in [0, 0.1) is 0 Å². The fourth-order valence-electron chi connectivity index (χ4n) is 1.42. The fraction of sp³-hybridized carbons (Fsp3) is 0.300. The molecule has 0 aliphatic carbocycles. The summed E-state index contributed by atoms with van der Waals surface area (Å²) in [4.78, 5) is 11.0. The van der Waals surface area contributed by atoms with E-state index in [9.17, 15) is 4.79 Å². The van der Waals surface area contributed by atoms with Crippen molar-refractivity contribution in [2.75, 3.05) is 13.7 Å². The van der Waals surface area contributed by atoms with Gasteiger partial charge in [-0.15, -0.1) is 0 Å². The van der Waals surface area contributed by atoms with Crippen LogP contribution in [0.4, 0.5) is 4.79 Å². The highest BCUT2D eigenvalue weighted by Gasteiger charge is 2.18. The number of para-hydroxylation sites is 1. The summed E-state index contributed by atoms with van der Waals surface area (Å²) in [5.74, 6) is 1.18. The van der Waals surface area contributed by atoms with E-state index in [-0.39, 0.29) is 0 Å². The van der Waals surface area contributed by atoms with Crippen molar-refractivity contribution >= 4 is 6.09 Å². The molecular formula is C10H11NO3. The Hall–Kier alpha value is -1.71. The number of carbonyl (C=O) groups excluding carboxylic acids is 1. The minimum Gasteiger partial charge on any atom is -0.489 e. The second-order valence-corrected chi connectivity index (χ2v) is 2.98. The Balaban J connectivity index is 2.26. The maximum Gasteiger partial charge on any atom is 0.412 e. The number of carbonyl (C=O) groups is 1.